The third kappa shape index (κ3) is 11.5. The smallest absolute Gasteiger partial charge is 0.181 e. The molecular formula is C28H51FN4O2S2. The first-order valence-electron chi connectivity index (χ1n) is 14.2. The SMILES string of the molecule is C.CC(C)n1cc(S(=O)(=O)CC2CCCCC2)cn1.CC(C)n1cc(SCC2CCCCC2)cn1.[2H]CF. The molecule has 0 unspecified atom stereocenters. The van der Waals surface area contributed by atoms with E-state index in [0.717, 1.165) is 18.8 Å². The summed E-state index contributed by atoms with van der Waals surface area (Å²) in [6.45, 7) is 8.32. The third-order valence-corrected chi connectivity index (χ3v) is 9.98. The topological polar surface area (TPSA) is 69.8 Å². The van der Waals surface area contributed by atoms with Gasteiger partial charge in [0, 0.05) is 35.1 Å². The number of halogens is 1. The second-order valence-corrected chi connectivity index (χ2v) is 13.7. The number of rotatable bonds is 8. The molecule has 2 fully saturated rings. The lowest BCUT2D eigenvalue weighted by molar-refractivity contribution is 0.385. The van der Waals surface area contributed by atoms with Crippen LogP contribution in [-0.2, 0) is 9.84 Å². The Balaban J connectivity index is 0.000000338. The van der Waals surface area contributed by atoms with E-state index in [1.165, 1.54) is 68.2 Å². The number of sulfone groups is 1. The molecule has 0 atom stereocenters. The molecule has 4 rings (SSSR count). The number of hydrogen-bond acceptors (Lipinski definition) is 5. The lowest BCUT2D eigenvalue weighted by Gasteiger charge is -2.20. The van der Waals surface area contributed by atoms with Crippen LogP contribution in [0.2, 0.25) is 0 Å². The summed E-state index contributed by atoms with van der Waals surface area (Å²) in [5, 5.41) is 8.49. The molecule has 0 aromatic carbocycles. The fourth-order valence-electron chi connectivity index (χ4n) is 4.77. The molecule has 0 amide bonds. The summed E-state index contributed by atoms with van der Waals surface area (Å²) in [6.07, 6.45) is 20.2. The number of thioether (sulfide) groups is 1. The molecule has 214 valence electrons. The molecule has 0 spiro atoms. The van der Waals surface area contributed by atoms with Crippen molar-refractivity contribution >= 4 is 21.6 Å². The van der Waals surface area contributed by atoms with Gasteiger partial charge in [-0.3, -0.25) is 13.8 Å². The van der Waals surface area contributed by atoms with Crippen molar-refractivity contribution in [3.8, 4) is 0 Å². The number of nitrogens with zero attached hydrogens (tertiary/aromatic N) is 4. The van der Waals surface area contributed by atoms with E-state index in [-0.39, 0.29) is 19.2 Å². The maximum atomic E-state index is 12.3. The van der Waals surface area contributed by atoms with Crippen molar-refractivity contribution in [2.75, 3.05) is 18.7 Å². The Morgan fingerprint density at radius 2 is 1.41 bits per heavy atom. The summed E-state index contributed by atoms with van der Waals surface area (Å²) in [5.74, 6) is 2.85. The summed E-state index contributed by atoms with van der Waals surface area (Å²) < 4.78 is 43.8. The normalized spacial score (nSPS) is 17.3. The first-order chi connectivity index (χ1) is 17.7. The van der Waals surface area contributed by atoms with Crippen molar-refractivity contribution in [1.29, 1.82) is 0 Å². The molecule has 0 aliphatic heterocycles. The molecule has 2 aromatic rings. The molecule has 37 heavy (non-hydrogen) atoms. The van der Waals surface area contributed by atoms with Crippen LogP contribution in [0.1, 0.15) is 113 Å². The van der Waals surface area contributed by atoms with E-state index in [1.807, 2.05) is 36.5 Å². The van der Waals surface area contributed by atoms with Gasteiger partial charge in [0.15, 0.2) is 9.84 Å². The Bertz CT molecular complexity index is 983. The monoisotopic (exact) mass is 559 g/mol. The lowest BCUT2D eigenvalue weighted by atomic mass is 9.91. The van der Waals surface area contributed by atoms with E-state index in [2.05, 4.69) is 30.2 Å². The fourth-order valence-corrected chi connectivity index (χ4v) is 7.46. The predicted molar refractivity (Wildman–Crippen MR) is 155 cm³/mol. The maximum Gasteiger partial charge on any atom is 0.181 e. The highest BCUT2D eigenvalue weighted by Gasteiger charge is 2.24. The molecular weight excluding hydrogens is 507 g/mol. The minimum atomic E-state index is -3.16. The van der Waals surface area contributed by atoms with Gasteiger partial charge < -0.3 is 0 Å². The van der Waals surface area contributed by atoms with Crippen LogP contribution in [0.25, 0.3) is 0 Å². The molecule has 6 nitrogen and oxygen atoms in total. The van der Waals surface area contributed by atoms with E-state index in [9.17, 15) is 12.8 Å². The molecule has 0 N–H and O–H groups in total. The molecule has 9 heteroatoms. The average Bonchev–Trinajstić information content (AvgIpc) is 3.56. The van der Waals surface area contributed by atoms with Crippen molar-refractivity contribution in [2.45, 2.75) is 121 Å². The van der Waals surface area contributed by atoms with Crippen LogP contribution in [0.15, 0.2) is 34.6 Å². The van der Waals surface area contributed by atoms with Crippen molar-refractivity contribution < 1.29 is 14.2 Å². The molecule has 0 bridgehead atoms. The summed E-state index contributed by atoms with van der Waals surface area (Å²) in [5.41, 5.74) is 0. The predicted octanol–water partition coefficient (Wildman–Crippen LogP) is 8.18. The zero-order valence-corrected chi connectivity index (χ0v) is 24.2. The van der Waals surface area contributed by atoms with Gasteiger partial charge in [-0.2, -0.15) is 10.2 Å². The number of hydrogen-bond donors (Lipinski definition) is 0. The van der Waals surface area contributed by atoms with Gasteiger partial charge >= 0.3 is 0 Å². The summed E-state index contributed by atoms with van der Waals surface area (Å²) >= 11 is 1.98. The molecule has 2 aliphatic carbocycles. The number of alkyl halides is 1. The van der Waals surface area contributed by atoms with Crippen LogP contribution in [0.4, 0.5) is 4.39 Å². The lowest BCUT2D eigenvalue weighted by Crippen LogP contribution is -2.18. The second kappa shape index (κ2) is 17.3. The highest BCUT2D eigenvalue weighted by Crippen LogP contribution is 2.30. The molecule has 0 radical (unpaired) electrons. The van der Waals surface area contributed by atoms with Crippen LogP contribution in [0, 0.1) is 11.8 Å². The Labute approximate surface area is 231 Å². The van der Waals surface area contributed by atoms with Crippen LogP contribution < -0.4 is 0 Å². The zero-order chi connectivity index (χ0) is 27.3. The van der Waals surface area contributed by atoms with Crippen molar-refractivity contribution in [3.05, 3.63) is 24.8 Å². The molecule has 2 aliphatic rings. The summed E-state index contributed by atoms with van der Waals surface area (Å²) in [4.78, 5) is 1.71. The van der Waals surface area contributed by atoms with Gasteiger partial charge in [-0.25, -0.2) is 8.42 Å². The van der Waals surface area contributed by atoms with Gasteiger partial charge in [-0.1, -0.05) is 46.0 Å². The van der Waals surface area contributed by atoms with Crippen LogP contribution in [-0.4, -0.2) is 46.6 Å². The Hall–Kier alpha value is -1.35. The second-order valence-electron chi connectivity index (χ2n) is 10.6. The Kier molecular flexibility index (Phi) is 14.9. The fraction of sp³-hybridized carbons (Fsp3) is 0.786. The Morgan fingerprint density at radius 3 is 1.89 bits per heavy atom. The standard InChI is InChI=1S/C13H22N2O2S.C13H22N2S.CH3F.CH4/c1-11(2)15-9-13(8-14-15)18(16,17)10-12-6-4-3-5-7-12;1-11(2)15-9-13(8-14-15)16-10-12-6-4-3-5-7-12;1-2;/h8-9,11-12H,3-7,10H2,1-2H3;8-9,11-12H,3-7,10H2,1-2H3;1H3;1H4/i;;1D;. The number of aromatic nitrogens is 4. The van der Waals surface area contributed by atoms with Crippen molar-refractivity contribution in [1.82, 2.24) is 19.6 Å². The zero-order valence-electron chi connectivity index (χ0n) is 23.6. The average molecular weight is 560 g/mol. The van der Waals surface area contributed by atoms with E-state index in [1.54, 1.807) is 10.9 Å². The van der Waals surface area contributed by atoms with E-state index in [0.29, 0.717) is 16.9 Å². The minimum Gasteiger partial charge on any atom is -0.269 e. The highest BCUT2D eigenvalue weighted by molar-refractivity contribution is 7.99. The van der Waals surface area contributed by atoms with Gasteiger partial charge in [0.05, 0.1) is 26.7 Å². The highest BCUT2D eigenvalue weighted by atomic mass is 32.2. The summed E-state index contributed by atoms with van der Waals surface area (Å²) in [6, 6.07) is 0.674. The molecule has 2 aromatic heterocycles. The van der Waals surface area contributed by atoms with Gasteiger partial charge in [-0.15, -0.1) is 11.8 Å². The van der Waals surface area contributed by atoms with Crippen molar-refractivity contribution in [3.63, 3.8) is 0 Å². The van der Waals surface area contributed by atoms with E-state index in [4.69, 9.17) is 1.37 Å². The third-order valence-electron chi connectivity index (χ3n) is 6.96. The van der Waals surface area contributed by atoms with E-state index < -0.39 is 17.0 Å². The quantitative estimate of drug-likeness (QED) is 0.305. The first kappa shape index (κ1) is 31.9. The van der Waals surface area contributed by atoms with Crippen LogP contribution in [0.3, 0.4) is 0 Å². The van der Waals surface area contributed by atoms with Crippen LogP contribution >= 0.6 is 11.8 Å². The van der Waals surface area contributed by atoms with Gasteiger partial charge in [0.25, 0.3) is 0 Å². The molecule has 2 heterocycles. The van der Waals surface area contributed by atoms with Gasteiger partial charge in [-0.05, 0) is 65.2 Å². The minimum absolute atomic E-state index is 0. The van der Waals surface area contributed by atoms with Gasteiger partial charge in [0.2, 0.25) is 0 Å². The maximum absolute atomic E-state index is 12.3. The molecule has 2 saturated carbocycles. The Morgan fingerprint density at radius 1 is 0.919 bits per heavy atom. The molecule has 0 saturated heterocycles. The summed E-state index contributed by atoms with van der Waals surface area (Å²) in [7, 11) is -4.16. The first-order valence-corrected chi connectivity index (χ1v) is 16.1. The van der Waals surface area contributed by atoms with Crippen LogP contribution in [0.5, 0.6) is 0 Å². The van der Waals surface area contributed by atoms with Gasteiger partial charge in [0.1, 0.15) is 4.90 Å². The van der Waals surface area contributed by atoms with Crippen molar-refractivity contribution in [2.24, 2.45) is 11.8 Å². The largest absolute Gasteiger partial charge is 0.269 e. The van der Waals surface area contributed by atoms with E-state index >= 15 is 0 Å².